The zero-order valence-corrected chi connectivity index (χ0v) is 13.6. The minimum absolute atomic E-state index is 0.0293. The molecule has 2 saturated heterocycles. The van der Waals surface area contributed by atoms with E-state index in [9.17, 15) is 9.18 Å². The number of amides is 1. The van der Waals surface area contributed by atoms with Crippen LogP contribution in [0.5, 0.6) is 5.88 Å². The van der Waals surface area contributed by atoms with E-state index >= 15 is 0 Å². The highest BCUT2D eigenvalue weighted by atomic mass is 19.1. The van der Waals surface area contributed by atoms with Crippen molar-refractivity contribution in [1.82, 2.24) is 9.88 Å². The smallest absolute Gasteiger partial charge is 0.250 e. The van der Waals surface area contributed by atoms with Crippen molar-refractivity contribution in [3.8, 4) is 5.88 Å². The number of pyridine rings is 1. The predicted molar refractivity (Wildman–Crippen MR) is 82.5 cm³/mol. The van der Waals surface area contributed by atoms with Crippen molar-refractivity contribution in [1.29, 1.82) is 0 Å². The minimum Gasteiger partial charge on any atom is -0.475 e. The van der Waals surface area contributed by atoms with Gasteiger partial charge in [0.2, 0.25) is 11.8 Å². The number of ether oxygens (including phenoxy) is 2. The van der Waals surface area contributed by atoms with Crippen molar-refractivity contribution in [2.75, 3.05) is 26.3 Å². The van der Waals surface area contributed by atoms with Crippen LogP contribution in [0.15, 0.2) is 18.3 Å². The molecule has 0 bridgehead atoms. The first kappa shape index (κ1) is 16.2. The van der Waals surface area contributed by atoms with E-state index in [2.05, 4.69) is 4.98 Å². The van der Waals surface area contributed by atoms with Gasteiger partial charge in [0, 0.05) is 25.1 Å². The molecular formula is C17H23FN2O3. The topological polar surface area (TPSA) is 51.7 Å². The Morgan fingerprint density at radius 2 is 2.35 bits per heavy atom. The van der Waals surface area contributed by atoms with E-state index in [0.29, 0.717) is 38.6 Å². The molecule has 6 heteroatoms. The van der Waals surface area contributed by atoms with Gasteiger partial charge in [0.1, 0.15) is 5.60 Å². The van der Waals surface area contributed by atoms with Crippen LogP contribution in [0, 0.1) is 17.7 Å². The first-order chi connectivity index (χ1) is 11.0. The highest BCUT2D eigenvalue weighted by Gasteiger charge is 2.54. The molecule has 0 saturated carbocycles. The first-order valence-corrected chi connectivity index (χ1v) is 8.15. The van der Waals surface area contributed by atoms with E-state index in [1.165, 1.54) is 18.3 Å². The second-order valence-electron chi connectivity index (χ2n) is 6.85. The Bertz CT molecular complexity index is 573. The molecule has 2 fully saturated rings. The Hall–Kier alpha value is -1.69. The lowest BCUT2D eigenvalue weighted by molar-refractivity contribution is -0.167. The van der Waals surface area contributed by atoms with Crippen molar-refractivity contribution in [3.05, 3.63) is 24.1 Å². The predicted octanol–water partition coefficient (Wildman–Crippen LogP) is 2.26. The summed E-state index contributed by atoms with van der Waals surface area (Å²) in [7, 11) is 0. The summed E-state index contributed by atoms with van der Waals surface area (Å²) in [5.41, 5.74) is -0.322. The van der Waals surface area contributed by atoms with Crippen LogP contribution >= 0.6 is 0 Å². The molecule has 1 unspecified atom stereocenters. The minimum atomic E-state index is -0.456. The highest BCUT2D eigenvalue weighted by Crippen LogP contribution is 2.40. The molecule has 0 N–H and O–H groups in total. The van der Waals surface area contributed by atoms with Gasteiger partial charge >= 0.3 is 0 Å². The molecule has 0 aromatic carbocycles. The third-order valence-corrected chi connectivity index (χ3v) is 4.60. The van der Waals surface area contributed by atoms with Crippen LogP contribution in [-0.2, 0) is 9.53 Å². The molecule has 1 spiro atoms. The highest BCUT2D eigenvalue weighted by molar-refractivity contribution is 5.77. The third-order valence-electron chi connectivity index (χ3n) is 4.60. The number of likely N-dealkylation sites (tertiary alicyclic amines) is 1. The second-order valence-corrected chi connectivity index (χ2v) is 6.85. The number of carbonyl (C=O) groups excluding carboxylic acids is 1. The average Bonchev–Trinajstić information content (AvgIpc) is 2.88. The molecule has 23 heavy (non-hydrogen) atoms. The SMILES string of the molecule is CC(C)CC(=O)N1CC2(C1)OCCC2COc1ncccc1F. The van der Waals surface area contributed by atoms with E-state index in [1.807, 2.05) is 18.7 Å². The Kier molecular flexibility index (Phi) is 4.53. The summed E-state index contributed by atoms with van der Waals surface area (Å²) < 4.78 is 25.0. The van der Waals surface area contributed by atoms with Crippen molar-refractivity contribution in [2.45, 2.75) is 32.3 Å². The Morgan fingerprint density at radius 3 is 3.04 bits per heavy atom. The quantitative estimate of drug-likeness (QED) is 0.834. The summed E-state index contributed by atoms with van der Waals surface area (Å²) in [6.45, 7) is 6.31. The lowest BCUT2D eigenvalue weighted by Gasteiger charge is -2.50. The van der Waals surface area contributed by atoms with Gasteiger partial charge in [-0.15, -0.1) is 0 Å². The summed E-state index contributed by atoms with van der Waals surface area (Å²) in [5.74, 6) is 0.266. The number of aromatic nitrogens is 1. The maximum Gasteiger partial charge on any atom is 0.250 e. The molecule has 2 aliphatic rings. The van der Waals surface area contributed by atoms with E-state index < -0.39 is 5.82 Å². The van der Waals surface area contributed by atoms with Gasteiger partial charge < -0.3 is 14.4 Å². The molecule has 0 aliphatic carbocycles. The number of halogens is 1. The fourth-order valence-electron chi connectivity index (χ4n) is 3.28. The van der Waals surface area contributed by atoms with E-state index in [1.54, 1.807) is 0 Å². The van der Waals surface area contributed by atoms with E-state index in [4.69, 9.17) is 9.47 Å². The van der Waals surface area contributed by atoms with Crippen molar-refractivity contribution < 1.29 is 18.7 Å². The second kappa shape index (κ2) is 6.43. The molecule has 3 heterocycles. The van der Waals surface area contributed by atoms with Crippen molar-refractivity contribution in [2.24, 2.45) is 11.8 Å². The number of hydrogen-bond acceptors (Lipinski definition) is 4. The largest absolute Gasteiger partial charge is 0.475 e. The van der Waals surface area contributed by atoms with Crippen LogP contribution in [-0.4, -0.2) is 47.7 Å². The molecule has 5 nitrogen and oxygen atoms in total. The van der Waals surface area contributed by atoms with Crippen molar-refractivity contribution in [3.63, 3.8) is 0 Å². The van der Waals surface area contributed by atoms with Gasteiger partial charge in [-0.3, -0.25) is 4.79 Å². The van der Waals surface area contributed by atoms with Gasteiger partial charge in [-0.05, 0) is 24.5 Å². The first-order valence-electron chi connectivity index (χ1n) is 8.15. The molecule has 1 atom stereocenters. The average molecular weight is 322 g/mol. The third kappa shape index (κ3) is 3.32. The van der Waals surface area contributed by atoms with Crippen LogP contribution in [0.2, 0.25) is 0 Å². The summed E-state index contributed by atoms with van der Waals surface area (Å²) in [4.78, 5) is 17.8. The lowest BCUT2D eigenvalue weighted by Crippen LogP contribution is -2.66. The number of hydrogen-bond donors (Lipinski definition) is 0. The molecule has 1 amide bonds. The maximum absolute atomic E-state index is 13.6. The zero-order valence-electron chi connectivity index (χ0n) is 13.6. The summed E-state index contributed by atoms with van der Waals surface area (Å²) >= 11 is 0. The molecule has 126 valence electrons. The molecule has 1 aromatic rings. The van der Waals surface area contributed by atoms with Crippen LogP contribution in [0.25, 0.3) is 0 Å². The van der Waals surface area contributed by atoms with Crippen LogP contribution in [0.1, 0.15) is 26.7 Å². The van der Waals surface area contributed by atoms with Crippen LogP contribution in [0.4, 0.5) is 4.39 Å². The molecular weight excluding hydrogens is 299 g/mol. The Balaban J connectivity index is 1.55. The van der Waals surface area contributed by atoms with E-state index in [0.717, 1.165) is 6.42 Å². The molecule has 0 radical (unpaired) electrons. The maximum atomic E-state index is 13.6. The zero-order chi connectivity index (χ0) is 16.4. The Labute approximate surface area is 135 Å². The fraction of sp³-hybridized carbons (Fsp3) is 0.647. The van der Waals surface area contributed by atoms with Crippen LogP contribution in [0.3, 0.4) is 0 Å². The summed E-state index contributed by atoms with van der Waals surface area (Å²) in [6, 6.07) is 2.87. The van der Waals surface area contributed by atoms with Gasteiger partial charge in [-0.2, -0.15) is 0 Å². The number of carbonyl (C=O) groups is 1. The standard InChI is InChI=1S/C17H23FN2O3/c1-12(2)8-15(21)20-10-17(11-20)13(5-7-23-17)9-22-16-14(18)4-3-6-19-16/h3-4,6,12-13H,5,7-11H2,1-2H3. The summed E-state index contributed by atoms with van der Waals surface area (Å²) in [5, 5.41) is 0. The van der Waals surface area contributed by atoms with Gasteiger partial charge in [-0.25, -0.2) is 9.37 Å². The fourth-order valence-corrected chi connectivity index (χ4v) is 3.28. The van der Waals surface area contributed by atoms with Crippen molar-refractivity contribution >= 4 is 5.91 Å². The lowest BCUT2D eigenvalue weighted by atomic mass is 9.81. The van der Waals surface area contributed by atoms with Gasteiger partial charge in [0.05, 0.1) is 19.7 Å². The van der Waals surface area contributed by atoms with Gasteiger partial charge in [-0.1, -0.05) is 13.8 Å². The molecule has 3 rings (SSSR count). The monoisotopic (exact) mass is 322 g/mol. The van der Waals surface area contributed by atoms with E-state index in [-0.39, 0.29) is 23.3 Å². The van der Waals surface area contributed by atoms with Crippen LogP contribution < -0.4 is 4.74 Å². The number of rotatable bonds is 5. The summed E-state index contributed by atoms with van der Waals surface area (Å²) in [6.07, 6.45) is 2.94. The van der Waals surface area contributed by atoms with Gasteiger partial charge in [0.15, 0.2) is 5.82 Å². The Morgan fingerprint density at radius 1 is 1.57 bits per heavy atom. The van der Waals surface area contributed by atoms with Gasteiger partial charge in [0.25, 0.3) is 0 Å². The molecule has 2 aliphatic heterocycles. The molecule has 1 aromatic heterocycles. The normalized spacial score (nSPS) is 22.4. The number of nitrogens with zero attached hydrogens (tertiary/aromatic N) is 2.